The lowest BCUT2D eigenvalue weighted by molar-refractivity contribution is -0.277. The highest BCUT2D eigenvalue weighted by Gasteiger charge is 2.46. The van der Waals surface area contributed by atoms with Gasteiger partial charge in [-0.2, -0.15) is 0 Å². The second kappa shape index (κ2) is 12.2. The summed E-state index contributed by atoms with van der Waals surface area (Å²) in [4.78, 5) is 12.6. The molecule has 16 nitrogen and oxygen atoms in total. The van der Waals surface area contributed by atoms with Crippen LogP contribution in [0, 0.1) is 0 Å². The highest BCUT2D eigenvalue weighted by molar-refractivity contribution is 5.76. The van der Waals surface area contributed by atoms with Crippen LogP contribution in [0.3, 0.4) is 0 Å². The van der Waals surface area contributed by atoms with E-state index in [1.807, 2.05) is 0 Å². The first-order valence-corrected chi connectivity index (χ1v) is 13.0. The highest BCUT2D eigenvalue weighted by Crippen LogP contribution is 2.44. The standard InChI is InChI=1S/C27H30O16/c28-7-17-19(33)21(35)23(37)26(42-17)40-15-5-10(30)4-14-11(15)6-16(25(39-14)9-1-2-12(31)13(32)3-9)41-27-24(38)22(36)20(34)18(8-29)43-27/h1-6,17-24,26-29,31-38H,7-8H2/t17-,18-,19+,20+,21+,22+,23-,24-,26-,27-/m1/s1. The third-order valence-corrected chi connectivity index (χ3v) is 7.21. The van der Waals surface area contributed by atoms with E-state index in [4.69, 9.17) is 23.4 Å². The number of rotatable bonds is 7. The molecule has 234 valence electrons. The van der Waals surface area contributed by atoms with Crippen LogP contribution in [0.2, 0.25) is 0 Å². The van der Waals surface area contributed by atoms with Crippen LogP contribution in [-0.2, 0) is 9.47 Å². The molecule has 4 aliphatic rings. The van der Waals surface area contributed by atoms with Crippen molar-refractivity contribution in [2.24, 2.45) is 0 Å². The van der Waals surface area contributed by atoms with Gasteiger partial charge >= 0.3 is 0 Å². The number of hydrogen-bond donors (Lipinski definition) is 10. The molecule has 0 radical (unpaired) electrons. The van der Waals surface area contributed by atoms with Crippen LogP contribution in [0.1, 0.15) is 0 Å². The smallest absolute Gasteiger partial charge is 0.229 e. The first-order chi connectivity index (χ1) is 20.4. The summed E-state index contributed by atoms with van der Waals surface area (Å²) in [6.07, 6.45) is -16.6. The topological polar surface area (TPSA) is 269 Å². The van der Waals surface area contributed by atoms with Gasteiger partial charge in [-0.25, -0.2) is 0 Å². The van der Waals surface area contributed by atoms with Gasteiger partial charge in [0.1, 0.15) is 60.3 Å². The van der Waals surface area contributed by atoms with Gasteiger partial charge in [0.05, 0.1) is 18.8 Å². The van der Waals surface area contributed by atoms with Gasteiger partial charge < -0.3 is 74.4 Å². The Kier molecular flexibility index (Phi) is 8.77. The van der Waals surface area contributed by atoms with E-state index in [1.165, 1.54) is 12.1 Å². The fourth-order valence-corrected chi connectivity index (χ4v) is 4.79. The van der Waals surface area contributed by atoms with Gasteiger partial charge in [0.15, 0.2) is 28.4 Å². The molecule has 3 aliphatic heterocycles. The minimum atomic E-state index is -1.83. The van der Waals surface area contributed by atoms with Gasteiger partial charge in [-0.05, 0) is 24.3 Å². The number of aromatic hydroxyl groups is 2. The van der Waals surface area contributed by atoms with E-state index < -0.39 is 91.6 Å². The molecule has 0 amide bonds. The van der Waals surface area contributed by atoms with Gasteiger partial charge in [0.2, 0.25) is 12.6 Å². The first-order valence-electron chi connectivity index (χ1n) is 13.0. The molecule has 10 N–H and O–H groups in total. The Balaban J connectivity index is 1.61. The largest absolute Gasteiger partial charge is 0.504 e. The minimum Gasteiger partial charge on any atom is -0.504 e. The van der Waals surface area contributed by atoms with Crippen LogP contribution < -0.4 is 14.9 Å². The predicted octanol–water partition coefficient (Wildman–Crippen LogP) is -2.82. The molecule has 3 heterocycles. The van der Waals surface area contributed by atoms with E-state index in [2.05, 4.69) is 0 Å². The lowest BCUT2D eigenvalue weighted by atomic mass is 9.99. The number of phenols is 2. The van der Waals surface area contributed by atoms with E-state index >= 15 is 0 Å². The van der Waals surface area contributed by atoms with Gasteiger partial charge in [0.25, 0.3) is 0 Å². The molecular weight excluding hydrogens is 580 g/mol. The first kappa shape index (κ1) is 30.9. The zero-order chi connectivity index (χ0) is 31.2. The minimum absolute atomic E-state index is 0.00269. The van der Waals surface area contributed by atoms with Crippen molar-refractivity contribution in [1.29, 1.82) is 0 Å². The van der Waals surface area contributed by atoms with Crippen LogP contribution >= 0.6 is 0 Å². The summed E-state index contributed by atoms with van der Waals surface area (Å²) in [5.41, 5.74) is -0.537. The molecular formula is C27H30O16. The van der Waals surface area contributed by atoms with Gasteiger partial charge in [-0.3, -0.25) is 4.79 Å². The second-order valence-corrected chi connectivity index (χ2v) is 10.1. The highest BCUT2D eigenvalue weighted by atomic mass is 16.7. The number of phenolic OH excluding ortho intramolecular Hbond substituents is 2. The maximum atomic E-state index is 12.6. The van der Waals surface area contributed by atoms with Crippen LogP contribution in [0.25, 0.3) is 22.6 Å². The predicted molar refractivity (Wildman–Crippen MR) is 139 cm³/mol. The van der Waals surface area contributed by atoms with Crippen molar-refractivity contribution in [3.63, 3.8) is 0 Å². The summed E-state index contributed by atoms with van der Waals surface area (Å²) in [6.45, 7) is -1.47. The van der Waals surface area contributed by atoms with Crippen LogP contribution in [0.5, 0.6) is 23.0 Å². The average molecular weight is 611 g/mol. The number of benzene rings is 2. The SMILES string of the molecule is O=c1cc2oc(-c3ccc(O)c(O)c3)c(O[C@@H]3O[C@H](CO)[C@H](O)[C@H](O)[C@H]3O)cc-2c(O[C@@H]2O[C@H](CO)[C@H](O)[C@H](O)[C@H]2O)c1. The normalized spacial score (nSPS) is 32.9. The number of ether oxygens (including phenoxy) is 4. The number of aliphatic hydroxyl groups is 8. The van der Waals surface area contributed by atoms with E-state index in [0.29, 0.717) is 0 Å². The molecule has 10 atom stereocenters. The van der Waals surface area contributed by atoms with Crippen molar-refractivity contribution in [1.82, 2.24) is 0 Å². The van der Waals surface area contributed by atoms with Crippen molar-refractivity contribution < 1.29 is 74.4 Å². The summed E-state index contributed by atoms with van der Waals surface area (Å²) in [5.74, 6) is -1.83. The molecule has 0 aromatic heterocycles. The Hall–Kier alpha value is -3.55. The van der Waals surface area contributed by atoms with Gasteiger partial charge in [-0.1, -0.05) is 0 Å². The molecule has 16 heteroatoms. The quantitative estimate of drug-likeness (QED) is 0.121. The molecule has 1 aromatic carbocycles. The van der Waals surface area contributed by atoms with Crippen molar-refractivity contribution in [3.8, 4) is 45.6 Å². The molecule has 0 spiro atoms. The Labute approximate surface area is 241 Å². The third kappa shape index (κ3) is 5.85. The number of aliphatic hydroxyl groups excluding tert-OH is 8. The van der Waals surface area contributed by atoms with Crippen molar-refractivity contribution in [2.75, 3.05) is 13.2 Å². The molecule has 5 rings (SSSR count). The molecule has 0 unspecified atom stereocenters. The monoisotopic (exact) mass is 610 g/mol. The summed E-state index contributed by atoms with van der Waals surface area (Å²) >= 11 is 0. The summed E-state index contributed by atoms with van der Waals surface area (Å²) in [6, 6.07) is 6.87. The van der Waals surface area contributed by atoms with Gasteiger partial charge in [0, 0.05) is 17.7 Å². The fraction of sp³-hybridized carbons (Fsp3) is 0.444. The molecule has 43 heavy (non-hydrogen) atoms. The van der Waals surface area contributed by atoms with Crippen molar-refractivity contribution in [2.45, 2.75) is 61.4 Å². The second-order valence-electron chi connectivity index (χ2n) is 10.1. The van der Waals surface area contributed by atoms with E-state index in [0.717, 1.165) is 24.3 Å². The van der Waals surface area contributed by atoms with E-state index in [1.54, 1.807) is 0 Å². The molecule has 2 saturated heterocycles. The summed E-state index contributed by atoms with van der Waals surface area (Å²) < 4.78 is 28.3. The Morgan fingerprint density at radius 3 is 1.74 bits per heavy atom. The van der Waals surface area contributed by atoms with Crippen molar-refractivity contribution in [3.05, 3.63) is 46.6 Å². The molecule has 1 aromatic rings. The van der Waals surface area contributed by atoms with E-state index in [9.17, 15) is 55.9 Å². The number of fused-ring (bicyclic) bond motifs is 1. The molecule has 1 aliphatic carbocycles. The Bertz CT molecular complexity index is 1460. The lowest BCUT2D eigenvalue weighted by Crippen LogP contribution is -2.60. The third-order valence-electron chi connectivity index (χ3n) is 7.21. The zero-order valence-electron chi connectivity index (χ0n) is 22.1. The maximum absolute atomic E-state index is 12.6. The zero-order valence-corrected chi connectivity index (χ0v) is 22.1. The summed E-state index contributed by atoms with van der Waals surface area (Å²) in [5, 5.41) is 100. The van der Waals surface area contributed by atoms with Crippen LogP contribution in [0.4, 0.5) is 0 Å². The lowest BCUT2D eigenvalue weighted by Gasteiger charge is -2.40. The molecule has 0 saturated carbocycles. The van der Waals surface area contributed by atoms with E-state index in [-0.39, 0.29) is 34.1 Å². The molecule has 2 fully saturated rings. The number of hydrogen-bond acceptors (Lipinski definition) is 16. The average Bonchev–Trinajstić information content (AvgIpc) is 2.98. The molecule has 0 bridgehead atoms. The van der Waals surface area contributed by atoms with Gasteiger partial charge in [-0.15, -0.1) is 0 Å². The Morgan fingerprint density at radius 2 is 1.21 bits per heavy atom. The van der Waals surface area contributed by atoms with Crippen LogP contribution in [0.15, 0.2) is 45.6 Å². The Morgan fingerprint density at radius 1 is 0.651 bits per heavy atom. The van der Waals surface area contributed by atoms with Crippen LogP contribution in [-0.4, -0.2) is 126 Å². The fourth-order valence-electron chi connectivity index (χ4n) is 4.79. The maximum Gasteiger partial charge on any atom is 0.229 e. The van der Waals surface area contributed by atoms with Crippen molar-refractivity contribution >= 4 is 0 Å². The summed E-state index contributed by atoms with van der Waals surface area (Å²) in [7, 11) is 0.